The van der Waals surface area contributed by atoms with Gasteiger partial charge in [0.15, 0.2) is 0 Å². The Morgan fingerprint density at radius 3 is 2.95 bits per heavy atom. The van der Waals surface area contributed by atoms with Crippen LogP contribution in [0.4, 0.5) is 4.39 Å². The van der Waals surface area contributed by atoms with Crippen LogP contribution in [0.1, 0.15) is 17.5 Å². The molecular weight excluding hydrogens is 277 g/mol. The van der Waals surface area contributed by atoms with Crippen molar-refractivity contribution in [2.75, 3.05) is 5.88 Å². The van der Waals surface area contributed by atoms with E-state index in [1.807, 2.05) is 0 Å². The van der Waals surface area contributed by atoms with Gasteiger partial charge in [-0.3, -0.25) is 4.98 Å². The maximum absolute atomic E-state index is 13.0. The highest BCUT2D eigenvalue weighted by molar-refractivity contribution is 6.18. The molecule has 1 aromatic carbocycles. The summed E-state index contributed by atoms with van der Waals surface area (Å²) in [5.41, 5.74) is 1.54. The van der Waals surface area contributed by atoms with Gasteiger partial charge < -0.3 is 4.74 Å². The van der Waals surface area contributed by atoms with Crippen molar-refractivity contribution >= 4 is 11.6 Å². The summed E-state index contributed by atoms with van der Waals surface area (Å²) in [7, 11) is 0. The van der Waals surface area contributed by atoms with Gasteiger partial charge in [-0.15, -0.1) is 11.6 Å². The molecule has 2 nitrogen and oxygen atoms in total. The highest BCUT2D eigenvalue weighted by atomic mass is 35.5. The third-order valence-corrected chi connectivity index (χ3v) is 2.65. The van der Waals surface area contributed by atoms with Gasteiger partial charge in [-0.25, -0.2) is 4.39 Å². The fraction of sp³-hybridized carbons (Fsp3) is 0.188. The van der Waals surface area contributed by atoms with Gasteiger partial charge in [0.2, 0.25) is 0 Å². The highest BCUT2D eigenvalue weighted by Gasteiger charge is 1.99. The van der Waals surface area contributed by atoms with Crippen molar-refractivity contribution in [2.45, 2.75) is 13.0 Å². The van der Waals surface area contributed by atoms with E-state index >= 15 is 0 Å². The van der Waals surface area contributed by atoms with Crippen molar-refractivity contribution in [1.29, 1.82) is 0 Å². The molecule has 102 valence electrons. The maximum Gasteiger partial charge on any atom is 0.139 e. The van der Waals surface area contributed by atoms with Crippen molar-refractivity contribution in [3.63, 3.8) is 0 Å². The first-order valence-corrected chi connectivity index (χ1v) is 6.68. The molecule has 0 unspecified atom stereocenters. The second kappa shape index (κ2) is 7.52. The summed E-state index contributed by atoms with van der Waals surface area (Å²) in [5.74, 6) is 6.73. The molecule has 0 fully saturated rings. The molecule has 20 heavy (non-hydrogen) atoms. The standard InChI is InChI=1S/C16H13ClFNO/c17-7-2-1-4-13-9-16(11-19-10-13)20-12-14-5-3-6-15(18)8-14/h3,5-6,8-11H,2,7,12H2. The predicted octanol–water partition coefficient (Wildman–Crippen LogP) is 3.78. The van der Waals surface area contributed by atoms with Gasteiger partial charge >= 0.3 is 0 Å². The van der Waals surface area contributed by atoms with Crippen molar-refractivity contribution in [3.8, 4) is 17.6 Å². The summed E-state index contributed by atoms with van der Waals surface area (Å²) in [6, 6.07) is 8.10. The van der Waals surface area contributed by atoms with Gasteiger partial charge in [0.1, 0.15) is 18.2 Å². The Balaban J connectivity index is 2.00. The Kier molecular flexibility index (Phi) is 5.40. The Morgan fingerprint density at radius 2 is 2.15 bits per heavy atom. The summed E-state index contributed by atoms with van der Waals surface area (Å²) in [4.78, 5) is 4.06. The van der Waals surface area contributed by atoms with Gasteiger partial charge in [-0.05, 0) is 23.8 Å². The minimum Gasteiger partial charge on any atom is -0.487 e. The van der Waals surface area contributed by atoms with Gasteiger partial charge in [0.05, 0.1) is 6.20 Å². The lowest BCUT2D eigenvalue weighted by Gasteiger charge is -2.06. The summed E-state index contributed by atoms with van der Waals surface area (Å²) < 4.78 is 18.6. The molecule has 0 aliphatic carbocycles. The maximum atomic E-state index is 13.0. The lowest BCUT2D eigenvalue weighted by atomic mass is 10.2. The van der Waals surface area contributed by atoms with Crippen LogP contribution in [0, 0.1) is 17.7 Å². The molecule has 0 amide bonds. The number of benzene rings is 1. The molecule has 0 spiro atoms. The van der Waals surface area contributed by atoms with Crippen LogP contribution in [0.25, 0.3) is 0 Å². The van der Waals surface area contributed by atoms with Crippen LogP contribution < -0.4 is 4.74 Å². The number of hydrogen-bond acceptors (Lipinski definition) is 2. The second-order valence-corrected chi connectivity index (χ2v) is 4.45. The molecule has 0 saturated carbocycles. The molecule has 0 N–H and O–H groups in total. The zero-order valence-electron chi connectivity index (χ0n) is 10.8. The summed E-state index contributed by atoms with van der Waals surface area (Å²) in [6.07, 6.45) is 3.90. The zero-order valence-corrected chi connectivity index (χ0v) is 11.5. The summed E-state index contributed by atoms with van der Waals surface area (Å²) >= 11 is 5.56. The second-order valence-electron chi connectivity index (χ2n) is 4.07. The number of alkyl halides is 1. The molecule has 0 atom stereocenters. The molecule has 0 aliphatic heterocycles. The zero-order chi connectivity index (χ0) is 14.2. The molecule has 0 aliphatic rings. The number of halogens is 2. The molecule has 0 bridgehead atoms. The molecule has 4 heteroatoms. The average molecular weight is 290 g/mol. The average Bonchev–Trinajstić information content (AvgIpc) is 2.46. The minimum absolute atomic E-state index is 0.273. The van der Waals surface area contributed by atoms with E-state index in [9.17, 15) is 4.39 Å². The monoisotopic (exact) mass is 289 g/mol. The van der Waals surface area contributed by atoms with Crippen LogP contribution in [0.2, 0.25) is 0 Å². The number of pyridine rings is 1. The molecule has 0 radical (unpaired) electrons. The van der Waals surface area contributed by atoms with E-state index in [0.29, 0.717) is 18.1 Å². The molecular formula is C16H13ClFNO. The normalized spacial score (nSPS) is 9.70. The van der Waals surface area contributed by atoms with Crippen LogP contribution >= 0.6 is 11.6 Å². The fourth-order valence-electron chi connectivity index (χ4n) is 1.57. The number of nitrogens with zero attached hydrogens (tertiary/aromatic N) is 1. The van der Waals surface area contributed by atoms with Crippen LogP contribution in [0.3, 0.4) is 0 Å². The van der Waals surface area contributed by atoms with Crippen molar-refractivity contribution in [3.05, 3.63) is 59.7 Å². The van der Waals surface area contributed by atoms with E-state index < -0.39 is 0 Å². The Bertz CT molecular complexity index is 634. The van der Waals surface area contributed by atoms with Crippen LogP contribution in [0.15, 0.2) is 42.7 Å². The first-order chi connectivity index (χ1) is 9.78. The van der Waals surface area contributed by atoms with Crippen LogP contribution in [0.5, 0.6) is 5.75 Å². The van der Waals surface area contributed by atoms with E-state index in [4.69, 9.17) is 16.3 Å². The number of rotatable bonds is 4. The van der Waals surface area contributed by atoms with Crippen LogP contribution in [-0.4, -0.2) is 10.9 Å². The van der Waals surface area contributed by atoms with E-state index in [2.05, 4.69) is 16.8 Å². The molecule has 1 heterocycles. The smallest absolute Gasteiger partial charge is 0.139 e. The van der Waals surface area contributed by atoms with Gasteiger partial charge in [-0.1, -0.05) is 24.0 Å². The lowest BCUT2D eigenvalue weighted by Crippen LogP contribution is -1.96. The number of aromatic nitrogens is 1. The lowest BCUT2D eigenvalue weighted by molar-refractivity contribution is 0.304. The largest absolute Gasteiger partial charge is 0.487 e. The van der Waals surface area contributed by atoms with Gasteiger partial charge in [0, 0.05) is 24.1 Å². The topological polar surface area (TPSA) is 22.1 Å². The fourth-order valence-corrected chi connectivity index (χ4v) is 1.67. The Hall–Kier alpha value is -2.05. The number of ether oxygens (including phenoxy) is 1. The van der Waals surface area contributed by atoms with E-state index in [1.54, 1.807) is 30.6 Å². The van der Waals surface area contributed by atoms with E-state index in [0.717, 1.165) is 11.1 Å². The van der Waals surface area contributed by atoms with E-state index in [1.165, 1.54) is 12.1 Å². The van der Waals surface area contributed by atoms with Crippen LogP contribution in [-0.2, 0) is 6.61 Å². The first-order valence-electron chi connectivity index (χ1n) is 6.15. The van der Waals surface area contributed by atoms with Crippen molar-refractivity contribution in [2.24, 2.45) is 0 Å². The quantitative estimate of drug-likeness (QED) is 0.631. The Labute approximate surface area is 122 Å². The Morgan fingerprint density at radius 1 is 1.25 bits per heavy atom. The number of hydrogen-bond donors (Lipinski definition) is 0. The SMILES string of the molecule is Fc1cccc(COc2cncc(C#CCCCl)c2)c1. The molecule has 1 aromatic heterocycles. The van der Waals surface area contributed by atoms with Crippen molar-refractivity contribution < 1.29 is 9.13 Å². The minimum atomic E-state index is -0.273. The van der Waals surface area contributed by atoms with Crippen molar-refractivity contribution in [1.82, 2.24) is 4.98 Å². The predicted molar refractivity (Wildman–Crippen MR) is 77.2 cm³/mol. The van der Waals surface area contributed by atoms with Gasteiger partial charge in [-0.2, -0.15) is 0 Å². The molecule has 2 aromatic rings. The third-order valence-electron chi connectivity index (χ3n) is 2.46. The summed E-state index contributed by atoms with van der Waals surface area (Å²) in [5, 5.41) is 0. The molecule has 2 rings (SSSR count). The highest BCUT2D eigenvalue weighted by Crippen LogP contribution is 2.13. The van der Waals surface area contributed by atoms with Gasteiger partial charge in [0.25, 0.3) is 0 Å². The summed E-state index contributed by atoms with van der Waals surface area (Å²) in [6.45, 7) is 0.290. The first kappa shape index (κ1) is 14.4. The molecule has 0 saturated heterocycles. The van der Waals surface area contributed by atoms with E-state index in [-0.39, 0.29) is 12.4 Å². The third kappa shape index (κ3) is 4.56.